The van der Waals surface area contributed by atoms with Gasteiger partial charge in [0.1, 0.15) is 28.2 Å². The van der Waals surface area contributed by atoms with Crippen LogP contribution in [0.5, 0.6) is 17.2 Å². The molecule has 25 heavy (non-hydrogen) atoms. The number of phenolic OH excluding ortho intramolecular Hbond substituents is 2. The first-order valence-corrected chi connectivity index (χ1v) is 8.31. The molecule has 2 aromatic carbocycles. The number of hydrogen-bond donors (Lipinski definition) is 3. The lowest BCUT2D eigenvalue weighted by molar-refractivity contribution is 0.413. The van der Waals surface area contributed by atoms with E-state index < -0.39 is 37.3 Å². The highest BCUT2D eigenvalue weighted by molar-refractivity contribution is 7.86. The Morgan fingerprint density at radius 2 is 1.72 bits per heavy atom. The summed E-state index contributed by atoms with van der Waals surface area (Å²) in [6.45, 7) is 0. The van der Waals surface area contributed by atoms with Crippen molar-refractivity contribution in [3.63, 3.8) is 0 Å². The van der Waals surface area contributed by atoms with Crippen molar-refractivity contribution in [3.05, 3.63) is 46.6 Å². The molecule has 0 unspecified atom stereocenters. The minimum Gasteiger partial charge on any atom is -0.506 e. The fourth-order valence-corrected chi connectivity index (χ4v) is 3.09. The summed E-state index contributed by atoms with van der Waals surface area (Å²) in [6, 6.07) is 8.47. The average Bonchev–Trinajstić information content (AvgIpc) is 2.52. The number of benzene rings is 2. The van der Waals surface area contributed by atoms with Gasteiger partial charge in [0.2, 0.25) is 0 Å². The molecular weight excluding hydrogens is 352 g/mol. The zero-order valence-corrected chi connectivity index (χ0v) is 13.6. The Balaban J connectivity index is 2.29. The Hall–Kier alpha value is -3.04. The van der Waals surface area contributed by atoms with Crippen LogP contribution in [0, 0.1) is 0 Å². The predicted octanol–water partition coefficient (Wildman–Crippen LogP) is 2.13. The Kier molecular flexibility index (Phi) is 3.90. The highest BCUT2D eigenvalue weighted by Gasteiger charge is 2.26. The smallest absolute Gasteiger partial charge is 0.301 e. The summed E-state index contributed by atoms with van der Waals surface area (Å²) in [5, 5.41) is 19.3. The van der Waals surface area contributed by atoms with Crippen molar-refractivity contribution in [2.45, 2.75) is 4.90 Å². The van der Waals surface area contributed by atoms with Crippen LogP contribution in [-0.2, 0) is 10.1 Å². The van der Waals surface area contributed by atoms with E-state index in [1.165, 1.54) is 7.11 Å². The number of hydrogen-bond acceptors (Lipinski definition) is 7. The van der Waals surface area contributed by atoms with Crippen LogP contribution < -0.4 is 10.2 Å². The molecule has 9 heteroatoms. The molecule has 1 aromatic heterocycles. The van der Waals surface area contributed by atoms with Gasteiger partial charge in [-0.2, -0.15) is 8.42 Å². The van der Waals surface area contributed by atoms with Gasteiger partial charge in [-0.05, 0) is 24.3 Å². The monoisotopic (exact) mass is 364 g/mol. The van der Waals surface area contributed by atoms with Crippen LogP contribution in [0.25, 0.3) is 22.3 Å². The maximum absolute atomic E-state index is 12.3. The summed E-state index contributed by atoms with van der Waals surface area (Å²) in [6.07, 6.45) is 0. The molecule has 0 bridgehead atoms. The van der Waals surface area contributed by atoms with Crippen molar-refractivity contribution >= 4 is 21.1 Å². The molecule has 0 fully saturated rings. The highest BCUT2D eigenvalue weighted by atomic mass is 32.2. The molecule has 3 N–H and O–H groups in total. The van der Waals surface area contributed by atoms with Crippen molar-refractivity contribution < 1.29 is 32.3 Å². The number of fused-ring (bicyclic) bond motifs is 1. The quantitative estimate of drug-likeness (QED) is 0.602. The maximum Gasteiger partial charge on any atom is 0.301 e. The standard InChI is InChI=1S/C16H12O8S/c1-23-9-4-2-8(3-5-9)12-6-10(17)14-13(24-12)7-11(18)16(15(14)19)25(20,21)22/h2-7,18-19H,1H3,(H,20,21,22). The van der Waals surface area contributed by atoms with Crippen LogP contribution in [0.4, 0.5) is 0 Å². The van der Waals surface area contributed by atoms with E-state index in [1.54, 1.807) is 24.3 Å². The molecule has 0 aliphatic rings. The molecule has 3 rings (SSSR count). The lowest BCUT2D eigenvalue weighted by Gasteiger charge is -2.09. The van der Waals surface area contributed by atoms with Gasteiger partial charge in [0.25, 0.3) is 0 Å². The van der Waals surface area contributed by atoms with Gasteiger partial charge in [0.05, 0.1) is 7.11 Å². The minimum atomic E-state index is -4.94. The number of rotatable bonds is 3. The van der Waals surface area contributed by atoms with E-state index in [1.807, 2.05) is 0 Å². The van der Waals surface area contributed by atoms with Gasteiger partial charge in [-0.25, -0.2) is 0 Å². The first kappa shape index (κ1) is 16.8. The van der Waals surface area contributed by atoms with Crippen molar-refractivity contribution in [2.24, 2.45) is 0 Å². The Morgan fingerprint density at radius 3 is 2.28 bits per heavy atom. The largest absolute Gasteiger partial charge is 0.506 e. The molecule has 0 aliphatic heterocycles. The molecule has 8 nitrogen and oxygen atoms in total. The van der Waals surface area contributed by atoms with Crippen LogP contribution >= 0.6 is 0 Å². The first-order chi connectivity index (χ1) is 11.7. The van der Waals surface area contributed by atoms with Gasteiger partial charge < -0.3 is 19.4 Å². The molecular formula is C16H12O8S. The van der Waals surface area contributed by atoms with Crippen LogP contribution in [0.3, 0.4) is 0 Å². The van der Waals surface area contributed by atoms with E-state index in [9.17, 15) is 23.4 Å². The van der Waals surface area contributed by atoms with E-state index in [0.717, 1.165) is 12.1 Å². The molecule has 0 amide bonds. The van der Waals surface area contributed by atoms with E-state index in [4.69, 9.17) is 13.7 Å². The predicted molar refractivity (Wildman–Crippen MR) is 87.6 cm³/mol. The van der Waals surface area contributed by atoms with E-state index >= 15 is 0 Å². The van der Waals surface area contributed by atoms with Gasteiger partial charge in [-0.15, -0.1) is 0 Å². The summed E-state index contributed by atoms with van der Waals surface area (Å²) >= 11 is 0. The fraction of sp³-hybridized carbons (Fsp3) is 0.0625. The Morgan fingerprint density at radius 1 is 1.08 bits per heavy atom. The number of methoxy groups -OCH3 is 1. The molecule has 3 aromatic rings. The second-order valence-corrected chi connectivity index (χ2v) is 6.48. The number of phenols is 2. The summed E-state index contributed by atoms with van der Waals surface area (Å²) in [4.78, 5) is 11.2. The molecule has 130 valence electrons. The van der Waals surface area contributed by atoms with Gasteiger partial charge in [0.15, 0.2) is 16.1 Å². The summed E-state index contributed by atoms with van der Waals surface area (Å²) in [7, 11) is -3.43. The molecule has 0 radical (unpaired) electrons. The second kappa shape index (κ2) is 5.80. The third-order valence-corrected chi connectivity index (χ3v) is 4.48. The van der Waals surface area contributed by atoms with Crippen molar-refractivity contribution in [3.8, 4) is 28.6 Å². The molecule has 0 atom stereocenters. The Bertz CT molecular complexity index is 1130. The minimum absolute atomic E-state index is 0.138. The number of aromatic hydroxyl groups is 2. The van der Waals surface area contributed by atoms with Crippen LogP contribution in [0.1, 0.15) is 0 Å². The summed E-state index contributed by atoms with van der Waals surface area (Å²) in [5.41, 5.74) is -0.451. The molecule has 0 saturated heterocycles. The van der Waals surface area contributed by atoms with E-state index in [-0.39, 0.29) is 11.3 Å². The van der Waals surface area contributed by atoms with Crippen molar-refractivity contribution in [2.75, 3.05) is 7.11 Å². The fourth-order valence-electron chi connectivity index (χ4n) is 2.42. The molecule has 0 spiro atoms. The summed E-state index contributed by atoms with van der Waals surface area (Å²) < 4.78 is 42.2. The van der Waals surface area contributed by atoms with Gasteiger partial charge in [-0.1, -0.05) is 0 Å². The highest BCUT2D eigenvalue weighted by Crippen LogP contribution is 2.38. The van der Waals surface area contributed by atoms with Gasteiger partial charge in [0, 0.05) is 17.7 Å². The van der Waals surface area contributed by atoms with Crippen molar-refractivity contribution in [1.82, 2.24) is 0 Å². The van der Waals surface area contributed by atoms with Crippen LogP contribution in [-0.4, -0.2) is 30.3 Å². The average molecular weight is 364 g/mol. The zero-order valence-electron chi connectivity index (χ0n) is 12.8. The van der Waals surface area contributed by atoms with Crippen LogP contribution in [0.2, 0.25) is 0 Å². The normalized spacial score (nSPS) is 11.6. The zero-order chi connectivity index (χ0) is 18.4. The lowest BCUT2D eigenvalue weighted by atomic mass is 10.1. The molecule has 1 heterocycles. The SMILES string of the molecule is COc1ccc(-c2cc(=O)c3c(O)c(S(=O)(=O)O)c(O)cc3o2)cc1. The van der Waals surface area contributed by atoms with E-state index in [2.05, 4.69) is 0 Å². The summed E-state index contributed by atoms with van der Waals surface area (Å²) in [5.74, 6) is -1.28. The van der Waals surface area contributed by atoms with E-state index in [0.29, 0.717) is 11.3 Å². The molecule has 0 saturated carbocycles. The third kappa shape index (κ3) is 2.90. The first-order valence-electron chi connectivity index (χ1n) is 6.87. The van der Waals surface area contributed by atoms with Gasteiger partial charge >= 0.3 is 10.1 Å². The van der Waals surface area contributed by atoms with Crippen LogP contribution in [0.15, 0.2) is 50.5 Å². The topological polar surface area (TPSA) is 134 Å². The maximum atomic E-state index is 12.3. The molecule has 0 aliphatic carbocycles. The lowest BCUT2D eigenvalue weighted by Crippen LogP contribution is -2.05. The second-order valence-electron chi connectivity index (χ2n) is 5.13. The third-order valence-electron chi connectivity index (χ3n) is 3.56. The Labute approximate surface area is 141 Å². The van der Waals surface area contributed by atoms with Crippen molar-refractivity contribution in [1.29, 1.82) is 0 Å². The van der Waals surface area contributed by atoms with Gasteiger partial charge in [-0.3, -0.25) is 9.35 Å². The number of ether oxygens (including phenoxy) is 1.